The third-order valence-corrected chi connectivity index (χ3v) is 6.56. The van der Waals surface area contributed by atoms with Crippen molar-refractivity contribution in [1.82, 2.24) is 14.5 Å². The van der Waals surface area contributed by atoms with Gasteiger partial charge in [0.15, 0.2) is 6.61 Å². The van der Waals surface area contributed by atoms with E-state index in [-0.39, 0.29) is 35.9 Å². The lowest BCUT2D eigenvalue weighted by Gasteiger charge is -2.34. The van der Waals surface area contributed by atoms with Gasteiger partial charge in [-0.05, 0) is 43.9 Å². The molecule has 2 aliphatic rings. The van der Waals surface area contributed by atoms with E-state index in [9.17, 15) is 22.8 Å². The Balaban J connectivity index is 1.55. The summed E-state index contributed by atoms with van der Waals surface area (Å²) >= 11 is 0. The van der Waals surface area contributed by atoms with E-state index in [2.05, 4.69) is 4.72 Å². The maximum atomic E-state index is 12.5. The summed E-state index contributed by atoms with van der Waals surface area (Å²) in [5.41, 5.74) is 1.42. The minimum atomic E-state index is -3.80. The first-order valence-corrected chi connectivity index (χ1v) is 10.5. The average molecular weight is 409 g/mol. The van der Waals surface area contributed by atoms with Crippen molar-refractivity contribution in [3.63, 3.8) is 0 Å². The van der Waals surface area contributed by atoms with E-state index in [0.29, 0.717) is 31.5 Å². The first-order valence-electron chi connectivity index (χ1n) is 9.02. The summed E-state index contributed by atoms with van der Waals surface area (Å²) in [6.45, 7) is 3.60. The molecule has 0 aromatic heterocycles. The van der Waals surface area contributed by atoms with E-state index in [0.717, 1.165) is 10.5 Å². The quantitative estimate of drug-likeness (QED) is 0.760. The zero-order valence-electron chi connectivity index (χ0n) is 15.8. The number of piperidine rings is 1. The van der Waals surface area contributed by atoms with Gasteiger partial charge < -0.3 is 9.64 Å². The monoisotopic (exact) mass is 409 g/mol. The first kappa shape index (κ1) is 20.3. The Morgan fingerprint density at radius 2 is 1.89 bits per heavy atom. The Bertz CT molecular complexity index is 890. The largest absolute Gasteiger partial charge is 0.439 e. The number of imide groups is 1. The Morgan fingerprint density at radius 1 is 1.21 bits per heavy atom. The van der Waals surface area contributed by atoms with Crippen LogP contribution in [0.25, 0.3) is 0 Å². The van der Waals surface area contributed by atoms with Crippen LogP contribution in [0.1, 0.15) is 24.0 Å². The van der Waals surface area contributed by atoms with Gasteiger partial charge in [-0.3, -0.25) is 9.59 Å². The van der Waals surface area contributed by atoms with Crippen LogP contribution in [0.2, 0.25) is 0 Å². The van der Waals surface area contributed by atoms with Crippen LogP contribution in [-0.4, -0.2) is 68.4 Å². The molecule has 2 saturated heterocycles. The second kappa shape index (κ2) is 7.88. The van der Waals surface area contributed by atoms with Gasteiger partial charge in [0, 0.05) is 19.1 Å². The molecule has 152 valence electrons. The van der Waals surface area contributed by atoms with E-state index >= 15 is 0 Å². The number of amides is 3. The molecule has 0 radical (unpaired) electrons. The number of cyclic esters (lactones) is 1. The second-order valence-electron chi connectivity index (χ2n) is 7.02. The number of aryl methyl sites for hydroxylation is 2. The molecule has 10 heteroatoms. The summed E-state index contributed by atoms with van der Waals surface area (Å²) < 4.78 is 32.1. The summed E-state index contributed by atoms with van der Waals surface area (Å²) in [4.78, 5) is 38.6. The molecule has 3 amide bonds. The smallest absolute Gasteiger partial charge is 0.417 e. The van der Waals surface area contributed by atoms with Gasteiger partial charge in [-0.25, -0.2) is 22.8 Å². The molecule has 0 atom stereocenters. The van der Waals surface area contributed by atoms with E-state index in [1.165, 1.54) is 4.90 Å². The number of sulfonamides is 1. The van der Waals surface area contributed by atoms with Gasteiger partial charge in [0.2, 0.25) is 15.9 Å². The van der Waals surface area contributed by atoms with Crippen molar-refractivity contribution in [3.8, 4) is 0 Å². The topological polar surface area (TPSA) is 113 Å². The SMILES string of the molecule is Cc1ccc(C)c(S(=O)(=O)NCC(=O)N2CCC(N3C(=O)COC3=O)CC2)c1. The lowest BCUT2D eigenvalue weighted by atomic mass is 10.0. The van der Waals surface area contributed by atoms with Crippen molar-refractivity contribution in [1.29, 1.82) is 0 Å². The van der Waals surface area contributed by atoms with Crippen LogP contribution >= 0.6 is 0 Å². The molecule has 1 aromatic rings. The summed E-state index contributed by atoms with van der Waals surface area (Å²) in [5.74, 6) is -0.710. The maximum absolute atomic E-state index is 12.5. The van der Waals surface area contributed by atoms with Gasteiger partial charge in [-0.15, -0.1) is 0 Å². The number of hydrogen-bond acceptors (Lipinski definition) is 6. The highest BCUT2D eigenvalue weighted by Crippen LogP contribution is 2.21. The van der Waals surface area contributed by atoms with Crippen LogP contribution in [0.5, 0.6) is 0 Å². The summed E-state index contributed by atoms with van der Waals surface area (Å²) in [6, 6.07) is 4.82. The fourth-order valence-corrected chi connectivity index (χ4v) is 4.74. The molecule has 9 nitrogen and oxygen atoms in total. The van der Waals surface area contributed by atoms with Gasteiger partial charge in [0.05, 0.1) is 11.4 Å². The normalized spacial score (nSPS) is 18.5. The van der Waals surface area contributed by atoms with E-state index < -0.39 is 16.1 Å². The van der Waals surface area contributed by atoms with Crippen molar-refractivity contribution in [3.05, 3.63) is 29.3 Å². The van der Waals surface area contributed by atoms with Crippen LogP contribution in [-0.2, 0) is 24.3 Å². The highest BCUT2D eigenvalue weighted by Gasteiger charge is 2.39. The standard InChI is InChI=1S/C18H23N3O6S/c1-12-3-4-13(2)15(9-12)28(25,26)19-10-16(22)20-7-5-14(6-8-20)21-17(23)11-27-18(21)24/h3-4,9,14,19H,5-8,10-11H2,1-2H3. The van der Waals surface area contributed by atoms with Crippen LogP contribution < -0.4 is 4.72 Å². The van der Waals surface area contributed by atoms with E-state index in [1.807, 2.05) is 6.07 Å². The van der Waals surface area contributed by atoms with E-state index in [1.54, 1.807) is 26.0 Å². The van der Waals surface area contributed by atoms with Crippen LogP contribution in [0.15, 0.2) is 23.1 Å². The van der Waals surface area contributed by atoms with Crippen molar-refractivity contribution in [2.24, 2.45) is 0 Å². The molecule has 0 saturated carbocycles. The lowest BCUT2D eigenvalue weighted by Crippen LogP contribution is -2.50. The van der Waals surface area contributed by atoms with Gasteiger partial charge in [0.25, 0.3) is 5.91 Å². The van der Waals surface area contributed by atoms with Crippen molar-refractivity contribution < 1.29 is 27.5 Å². The molecule has 2 aliphatic heterocycles. The van der Waals surface area contributed by atoms with E-state index in [4.69, 9.17) is 4.74 Å². The predicted octanol–water partition coefficient (Wildman–Crippen LogP) is 0.552. The van der Waals surface area contributed by atoms with Crippen LogP contribution in [0.3, 0.4) is 0 Å². The van der Waals surface area contributed by atoms with Crippen molar-refractivity contribution in [2.75, 3.05) is 26.2 Å². The third kappa shape index (κ3) is 4.17. The highest BCUT2D eigenvalue weighted by molar-refractivity contribution is 7.89. The van der Waals surface area contributed by atoms with Crippen molar-refractivity contribution >= 4 is 27.9 Å². The first-order chi connectivity index (χ1) is 13.2. The van der Waals surface area contributed by atoms with Crippen LogP contribution in [0, 0.1) is 13.8 Å². The van der Waals surface area contributed by atoms with Crippen LogP contribution in [0.4, 0.5) is 4.79 Å². The zero-order chi connectivity index (χ0) is 20.5. The number of carbonyl (C=O) groups excluding carboxylic acids is 3. The van der Waals surface area contributed by atoms with Gasteiger partial charge in [-0.1, -0.05) is 12.1 Å². The number of rotatable bonds is 5. The lowest BCUT2D eigenvalue weighted by molar-refractivity contribution is -0.132. The fraction of sp³-hybridized carbons (Fsp3) is 0.500. The minimum absolute atomic E-state index is 0.157. The third-order valence-electron chi connectivity index (χ3n) is 5.01. The second-order valence-corrected chi connectivity index (χ2v) is 8.76. The number of hydrogen-bond donors (Lipinski definition) is 1. The van der Waals surface area contributed by atoms with Gasteiger partial charge in [-0.2, -0.15) is 0 Å². The number of nitrogens with one attached hydrogen (secondary N) is 1. The maximum Gasteiger partial charge on any atom is 0.417 e. The summed E-state index contributed by atoms with van der Waals surface area (Å²) in [7, 11) is -3.80. The molecule has 0 aliphatic carbocycles. The number of ether oxygens (including phenoxy) is 1. The summed E-state index contributed by atoms with van der Waals surface area (Å²) in [6.07, 6.45) is 0.239. The number of nitrogens with zero attached hydrogens (tertiary/aromatic N) is 2. The number of carbonyl (C=O) groups is 3. The highest BCUT2D eigenvalue weighted by atomic mass is 32.2. The van der Waals surface area contributed by atoms with Crippen molar-refractivity contribution in [2.45, 2.75) is 37.6 Å². The molecule has 0 bridgehead atoms. The molecule has 1 N–H and O–H groups in total. The Morgan fingerprint density at radius 3 is 2.50 bits per heavy atom. The fourth-order valence-electron chi connectivity index (χ4n) is 3.43. The molecule has 2 heterocycles. The summed E-state index contributed by atoms with van der Waals surface area (Å²) in [5, 5.41) is 0. The predicted molar refractivity (Wildman–Crippen MR) is 98.9 cm³/mol. The average Bonchev–Trinajstić information content (AvgIpc) is 3.00. The molecule has 2 fully saturated rings. The molecule has 3 rings (SSSR count). The molecule has 28 heavy (non-hydrogen) atoms. The van der Waals surface area contributed by atoms with Gasteiger partial charge >= 0.3 is 6.09 Å². The molecular weight excluding hydrogens is 386 g/mol. The molecule has 1 aromatic carbocycles. The minimum Gasteiger partial charge on any atom is -0.439 e. The van der Waals surface area contributed by atoms with Gasteiger partial charge in [0.1, 0.15) is 0 Å². The molecule has 0 unspecified atom stereocenters. The Kier molecular flexibility index (Phi) is 5.71. The molecule has 0 spiro atoms. The zero-order valence-corrected chi connectivity index (χ0v) is 16.6. The Hall–Kier alpha value is -2.46. The Labute approximate surface area is 163 Å². The molecular formula is C18H23N3O6S. The number of benzene rings is 1. The number of likely N-dealkylation sites (tertiary alicyclic amines) is 1.